The molecule has 104 valence electrons. The van der Waals surface area contributed by atoms with Crippen LogP contribution in [0.3, 0.4) is 0 Å². The van der Waals surface area contributed by atoms with Crippen LogP contribution in [0.25, 0.3) is 0 Å². The van der Waals surface area contributed by atoms with Crippen molar-refractivity contribution < 1.29 is 4.79 Å². The molecule has 0 spiro atoms. The van der Waals surface area contributed by atoms with Crippen LogP contribution in [-0.2, 0) is 11.3 Å². The fourth-order valence-corrected chi connectivity index (χ4v) is 3.14. The van der Waals surface area contributed by atoms with Gasteiger partial charge in [-0.1, -0.05) is 31.9 Å². The quantitative estimate of drug-likeness (QED) is 0.845. The Labute approximate surface area is 115 Å². The number of hydrogen-bond donors (Lipinski definition) is 1. The summed E-state index contributed by atoms with van der Waals surface area (Å²) >= 11 is 0. The maximum absolute atomic E-state index is 12.7. The summed E-state index contributed by atoms with van der Waals surface area (Å²) in [6.45, 7) is 2.81. The zero-order valence-electron chi connectivity index (χ0n) is 12.0. The number of rotatable bonds is 4. The van der Waals surface area contributed by atoms with Crippen molar-refractivity contribution in [2.45, 2.75) is 45.6 Å². The number of carbonyl (C=O) groups excluding carboxylic acids is 1. The summed E-state index contributed by atoms with van der Waals surface area (Å²) in [5.74, 6) is 0.310. The maximum Gasteiger partial charge on any atom is 0.228 e. The number of anilines is 1. The van der Waals surface area contributed by atoms with Crippen molar-refractivity contribution in [2.75, 3.05) is 12.8 Å². The summed E-state index contributed by atoms with van der Waals surface area (Å²) in [5, 5.41) is 0. The smallest absolute Gasteiger partial charge is 0.228 e. The molecule has 2 rings (SSSR count). The van der Waals surface area contributed by atoms with Gasteiger partial charge < -0.3 is 10.6 Å². The zero-order valence-corrected chi connectivity index (χ0v) is 12.0. The van der Waals surface area contributed by atoms with Gasteiger partial charge in [-0.3, -0.25) is 4.79 Å². The second kappa shape index (κ2) is 5.64. The van der Waals surface area contributed by atoms with E-state index < -0.39 is 0 Å². The molecule has 0 bridgehead atoms. The van der Waals surface area contributed by atoms with Gasteiger partial charge in [-0.2, -0.15) is 0 Å². The van der Waals surface area contributed by atoms with Crippen molar-refractivity contribution in [3.05, 3.63) is 29.8 Å². The predicted molar refractivity (Wildman–Crippen MR) is 78.5 cm³/mol. The first-order chi connectivity index (χ1) is 9.07. The Morgan fingerprint density at radius 3 is 2.37 bits per heavy atom. The highest BCUT2D eigenvalue weighted by atomic mass is 16.2. The molecule has 0 unspecified atom stereocenters. The van der Waals surface area contributed by atoms with Crippen LogP contribution in [0, 0.1) is 5.41 Å². The fraction of sp³-hybridized carbons (Fsp3) is 0.562. The molecule has 1 fully saturated rings. The van der Waals surface area contributed by atoms with Crippen LogP contribution in [0.2, 0.25) is 0 Å². The Bertz CT molecular complexity index is 433. The van der Waals surface area contributed by atoms with Gasteiger partial charge in [-0.15, -0.1) is 0 Å². The molecule has 1 amide bonds. The van der Waals surface area contributed by atoms with E-state index in [2.05, 4.69) is 6.92 Å². The number of hydrogen-bond acceptors (Lipinski definition) is 2. The zero-order chi connectivity index (χ0) is 13.9. The Morgan fingerprint density at radius 2 is 1.84 bits per heavy atom. The van der Waals surface area contributed by atoms with Crippen molar-refractivity contribution in [1.82, 2.24) is 4.90 Å². The molecular weight excluding hydrogens is 236 g/mol. The molecule has 1 saturated carbocycles. The van der Waals surface area contributed by atoms with Gasteiger partial charge in [0.05, 0.1) is 0 Å². The van der Waals surface area contributed by atoms with E-state index in [0.717, 1.165) is 30.5 Å². The number of nitrogens with zero attached hydrogens (tertiary/aromatic N) is 1. The Kier molecular flexibility index (Phi) is 4.13. The lowest BCUT2D eigenvalue weighted by Gasteiger charge is -2.31. The molecule has 3 heteroatoms. The first-order valence-corrected chi connectivity index (χ1v) is 7.17. The van der Waals surface area contributed by atoms with Gasteiger partial charge >= 0.3 is 0 Å². The molecule has 0 heterocycles. The molecule has 1 aliphatic rings. The fourth-order valence-electron chi connectivity index (χ4n) is 3.14. The van der Waals surface area contributed by atoms with Crippen LogP contribution in [0.5, 0.6) is 0 Å². The van der Waals surface area contributed by atoms with Gasteiger partial charge in [-0.25, -0.2) is 0 Å². The largest absolute Gasteiger partial charge is 0.399 e. The molecule has 0 radical (unpaired) electrons. The minimum atomic E-state index is -0.0947. The van der Waals surface area contributed by atoms with E-state index in [9.17, 15) is 4.79 Å². The maximum atomic E-state index is 12.7. The lowest BCUT2D eigenvalue weighted by Crippen LogP contribution is -2.39. The molecule has 0 atom stereocenters. The number of carbonyl (C=O) groups is 1. The van der Waals surface area contributed by atoms with E-state index in [1.54, 1.807) is 0 Å². The van der Waals surface area contributed by atoms with Crippen molar-refractivity contribution in [3.8, 4) is 0 Å². The van der Waals surface area contributed by atoms with Crippen molar-refractivity contribution in [2.24, 2.45) is 5.41 Å². The highest BCUT2D eigenvalue weighted by Crippen LogP contribution is 2.42. The Morgan fingerprint density at radius 1 is 1.26 bits per heavy atom. The number of nitrogens with two attached hydrogens (primary N) is 1. The van der Waals surface area contributed by atoms with Crippen LogP contribution in [0.15, 0.2) is 24.3 Å². The minimum Gasteiger partial charge on any atom is -0.399 e. The molecule has 0 saturated heterocycles. The lowest BCUT2D eigenvalue weighted by atomic mass is 9.82. The molecule has 19 heavy (non-hydrogen) atoms. The van der Waals surface area contributed by atoms with E-state index in [0.29, 0.717) is 12.5 Å². The van der Waals surface area contributed by atoms with Crippen LogP contribution < -0.4 is 5.73 Å². The summed E-state index contributed by atoms with van der Waals surface area (Å²) < 4.78 is 0. The number of nitrogen functional groups attached to an aromatic ring is 1. The highest BCUT2D eigenvalue weighted by molar-refractivity contribution is 5.82. The third-order valence-electron chi connectivity index (χ3n) is 4.44. The first-order valence-electron chi connectivity index (χ1n) is 7.17. The predicted octanol–water partition coefficient (Wildman–Crippen LogP) is 3.20. The highest BCUT2D eigenvalue weighted by Gasteiger charge is 2.40. The lowest BCUT2D eigenvalue weighted by molar-refractivity contribution is -0.141. The third kappa shape index (κ3) is 2.91. The molecule has 3 nitrogen and oxygen atoms in total. The van der Waals surface area contributed by atoms with Crippen LogP contribution in [0.1, 0.15) is 44.6 Å². The number of amides is 1. The van der Waals surface area contributed by atoms with Crippen LogP contribution in [-0.4, -0.2) is 17.9 Å². The van der Waals surface area contributed by atoms with Crippen LogP contribution in [0.4, 0.5) is 5.69 Å². The van der Waals surface area contributed by atoms with E-state index in [4.69, 9.17) is 5.73 Å². The standard InChI is InChI=1S/C16H24N2O/c1-3-16(10-4-5-11-16)15(19)18(2)12-13-6-8-14(17)9-7-13/h6-9H,3-5,10-12,17H2,1-2H3. The molecule has 2 N–H and O–H groups in total. The monoisotopic (exact) mass is 260 g/mol. The summed E-state index contributed by atoms with van der Waals surface area (Å²) in [5.41, 5.74) is 7.48. The summed E-state index contributed by atoms with van der Waals surface area (Å²) in [6.07, 6.45) is 5.44. The summed E-state index contributed by atoms with van der Waals surface area (Å²) in [4.78, 5) is 14.5. The van der Waals surface area contributed by atoms with E-state index >= 15 is 0 Å². The summed E-state index contributed by atoms with van der Waals surface area (Å²) in [6, 6.07) is 7.76. The van der Waals surface area contributed by atoms with Crippen molar-refractivity contribution in [1.29, 1.82) is 0 Å². The topological polar surface area (TPSA) is 46.3 Å². The van der Waals surface area contributed by atoms with Crippen molar-refractivity contribution in [3.63, 3.8) is 0 Å². The molecule has 1 aromatic rings. The van der Waals surface area contributed by atoms with Gasteiger partial charge in [0.2, 0.25) is 5.91 Å². The SMILES string of the molecule is CCC1(C(=O)N(C)Cc2ccc(N)cc2)CCCC1. The van der Waals surface area contributed by atoms with Gasteiger partial charge in [-0.05, 0) is 37.0 Å². The average molecular weight is 260 g/mol. The Balaban J connectivity index is 2.04. The normalized spacial score (nSPS) is 17.4. The van der Waals surface area contributed by atoms with Gasteiger partial charge in [0.25, 0.3) is 0 Å². The van der Waals surface area contributed by atoms with Crippen molar-refractivity contribution >= 4 is 11.6 Å². The van der Waals surface area contributed by atoms with Crippen LogP contribution >= 0.6 is 0 Å². The second-order valence-electron chi connectivity index (χ2n) is 5.74. The van der Waals surface area contributed by atoms with Gasteiger partial charge in [0.1, 0.15) is 0 Å². The molecule has 0 aromatic heterocycles. The molecule has 1 aliphatic carbocycles. The Hall–Kier alpha value is -1.51. The first kappa shape index (κ1) is 13.9. The average Bonchev–Trinajstić information content (AvgIpc) is 2.90. The van der Waals surface area contributed by atoms with E-state index in [1.807, 2.05) is 36.2 Å². The number of benzene rings is 1. The molecule has 0 aliphatic heterocycles. The summed E-state index contributed by atoms with van der Waals surface area (Å²) in [7, 11) is 1.91. The van der Waals surface area contributed by atoms with E-state index in [1.165, 1.54) is 12.8 Å². The third-order valence-corrected chi connectivity index (χ3v) is 4.44. The molecular formula is C16H24N2O. The molecule has 1 aromatic carbocycles. The van der Waals surface area contributed by atoms with Gasteiger partial charge in [0, 0.05) is 24.7 Å². The van der Waals surface area contributed by atoms with E-state index in [-0.39, 0.29) is 5.41 Å². The second-order valence-corrected chi connectivity index (χ2v) is 5.74. The van der Waals surface area contributed by atoms with Gasteiger partial charge in [0.15, 0.2) is 0 Å². The minimum absolute atomic E-state index is 0.0947.